The van der Waals surface area contributed by atoms with Crippen LogP contribution < -0.4 is 5.73 Å². The number of anilines is 1. The molecule has 3 rings (SSSR count). The van der Waals surface area contributed by atoms with Crippen LogP contribution >= 0.6 is 0 Å². The van der Waals surface area contributed by atoms with Crippen molar-refractivity contribution in [2.75, 3.05) is 12.3 Å². The topological polar surface area (TPSA) is 140 Å². The largest absolute Gasteiger partial charge is 0.394 e. The summed E-state index contributed by atoms with van der Waals surface area (Å²) >= 11 is 0. The molecule has 1 fully saturated rings. The highest BCUT2D eigenvalue weighted by Gasteiger charge is 2.44. The Morgan fingerprint density at radius 2 is 2.17 bits per heavy atom. The van der Waals surface area contributed by atoms with Crippen molar-refractivity contribution in [1.29, 1.82) is 0 Å². The molecule has 3 heterocycles. The minimum atomic E-state index is -1.24. The second kappa shape index (κ2) is 5.94. The van der Waals surface area contributed by atoms with Crippen molar-refractivity contribution in [2.24, 2.45) is 0 Å². The third-order valence-corrected chi connectivity index (χ3v) is 3.59. The minimum absolute atomic E-state index is 0.150. The van der Waals surface area contributed by atoms with Crippen molar-refractivity contribution < 1.29 is 20.1 Å². The highest BCUT2D eigenvalue weighted by molar-refractivity contribution is 5.82. The lowest BCUT2D eigenvalue weighted by molar-refractivity contribution is -0.0511. The highest BCUT2D eigenvalue weighted by Crippen LogP contribution is 2.31. The number of aromatic nitrogens is 4. The predicted octanol–water partition coefficient (Wildman–Crippen LogP) is -1.33. The molecule has 23 heavy (non-hydrogen) atoms. The van der Waals surface area contributed by atoms with Crippen LogP contribution in [0.2, 0.25) is 0 Å². The zero-order valence-electron chi connectivity index (χ0n) is 11.9. The fourth-order valence-electron chi connectivity index (χ4n) is 2.45. The molecule has 1 aliphatic heterocycles. The molecule has 5 N–H and O–H groups in total. The molecule has 4 atom stereocenters. The summed E-state index contributed by atoms with van der Waals surface area (Å²) in [5, 5.41) is 29.2. The number of aliphatic hydroxyl groups excluding tert-OH is 3. The lowest BCUT2D eigenvalue weighted by atomic mass is 10.1. The quantitative estimate of drug-likeness (QED) is 0.510. The third-order valence-electron chi connectivity index (χ3n) is 3.59. The average Bonchev–Trinajstić information content (AvgIpc) is 3.08. The van der Waals surface area contributed by atoms with Gasteiger partial charge in [-0.1, -0.05) is 5.92 Å². The van der Waals surface area contributed by atoms with E-state index in [-0.39, 0.29) is 11.6 Å². The molecule has 1 aliphatic rings. The molecule has 2 aromatic rings. The molecular formula is C14H15N5O4. The molecule has 0 spiro atoms. The number of ether oxygens (including phenoxy) is 1. The minimum Gasteiger partial charge on any atom is -0.394 e. The van der Waals surface area contributed by atoms with Crippen molar-refractivity contribution in [1.82, 2.24) is 19.5 Å². The number of hydrogen-bond donors (Lipinski definition) is 4. The summed E-state index contributed by atoms with van der Waals surface area (Å²) in [6.07, 6.45) is 5.15. The Labute approximate surface area is 131 Å². The van der Waals surface area contributed by atoms with Crippen LogP contribution in [0, 0.1) is 12.3 Å². The van der Waals surface area contributed by atoms with Gasteiger partial charge in [-0.05, 0) is 12.2 Å². The maximum Gasteiger partial charge on any atom is 0.168 e. The summed E-state index contributed by atoms with van der Waals surface area (Å²) in [6, 6.07) is 0. The number of aliphatic hydroxyl groups is 3. The maximum absolute atomic E-state index is 10.1. The van der Waals surface area contributed by atoms with Crippen LogP contribution in [0.15, 0.2) is 12.4 Å². The normalized spacial score (nSPS) is 27.7. The second-order valence-electron chi connectivity index (χ2n) is 5.02. The molecule has 0 aromatic carbocycles. The first-order valence-corrected chi connectivity index (χ1v) is 6.82. The number of nitrogens with two attached hydrogens (primary N) is 1. The van der Waals surface area contributed by atoms with Gasteiger partial charge in [-0.3, -0.25) is 4.57 Å². The van der Waals surface area contributed by atoms with Gasteiger partial charge in [0.25, 0.3) is 0 Å². The zero-order chi connectivity index (χ0) is 16.6. The van der Waals surface area contributed by atoms with Crippen LogP contribution in [-0.4, -0.2) is 59.8 Å². The van der Waals surface area contributed by atoms with E-state index in [1.165, 1.54) is 23.0 Å². The molecule has 0 unspecified atom stereocenters. The predicted molar refractivity (Wildman–Crippen MR) is 80.6 cm³/mol. The number of nitrogens with zero attached hydrogens (tertiary/aromatic N) is 4. The summed E-state index contributed by atoms with van der Waals surface area (Å²) in [5.74, 6) is 2.75. The molecule has 1 saturated heterocycles. The maximum atomic E-state index is 10.1. The van der Waals surface area contributed by atoms with Gasteiger partial charge in [0.1, 0.15) is 23.8 Å². The Kier molecular flexibility index (Phi) is 3.97. The molecule has 0 saturated carbocycles. The van der Waals surface area contributed by atoms with Gasteiger partial charge in [-0.25, -0.2) is 15.0 Å². The molecule has 2 aromatic heterocycles. The summed E-state index contributed by atoms with van der Waals surface area (Å²) in [7, 11) is 0. The Balaban J connectivity index is 2.07. The van der Waals surface area contributed by atoms with E-state index in [0.29, 0.717) is 11.2 Å². The van der Waals surface area contributed by atoms with Gasteiger partial charge in [0.05, 0.1) is 12.9 Å². The molecule has 9 nitrogen and oxygen atoms in total. The first-order chi connectivity index (χ1) is 11.1. The summed E-state index contributed by atoms with van der Waals surface area (Å²) < 4.78 is 6.90. The lowest BCUT2D eigenvalue weighted by Crippen LogP contribution is -2.33. The first kappa shape index (κ1) is 15.4. The molecule has 0 amide bonds. The van der Waals surface area contributed by atoms with Gasteiger partial charge in [-0.2, -0.15) is 0 Å². The third kappa shape index (κ3) is 2.54. The molecular weight excluding hydrogens is 302 g/mol. The smallest absolute Gasteiger partial charge is 0.168 e. The van der Waals surface area contributed by atoms with E-state index in [2.05, 4.69) is 20.9 Å². The van der Waals surface area contributed by atoms with Crippen LogP contribution in [0.4, 0.5) is 5.82 Å². The van der Waals surface area contributed by atoms with E-state index in [4.69, 9.17) is 16.9 Å². The number of rotatable bonds is 3. The molecule has 9 heteroatoms. The van der Waals surface area contributed by atoms with E-state index < -0.39 is 31.1 Å². The van der Waals surface area contributed by atoms with Gasteiger partial charge in [0, 0.05) is 0 Å². The van der Waals surface area contributed by atoms with Crippen molar-refractivity contribution >= 4 is 23.1 Å². The fourth-order valence-corrected chi connectivity index (χ4v) is 2.45. The van der Waals surface area contributed by atoms with Crippen molar-refractivity contribution in [3.05, 3.63) is 18.2 Å². The zero-order valence-corrected chi connectivity index (χ0v) is 11.9. The number of imidazole rings is 1. The van der Waals surface area contributed by atoms with Crippen molar-refractivity contribution in [2.45, 2.75) is 24.5 Å². The van der Waals surface area contributed by atoms with E-state index in [9.17, 15) is 15.3 Å². The van der Waals surface area contributed by atoms with Gasteiger partial charge in [0.15, 0.2) is 23.5 Å². The van der Waals surface area contributed by atoms with Gasteiger partial charge >= 0.3 is 0 Å². The fraction of sp³-hybridized carbons (Fsp3) is 0.357. The monoisotopic (exact) mass is 317 g/mol. The summed E-state index contributed by atoms with van der Waals surface area (Å²) in [6.45, 7) is -0.422. The number of fused-ring (bicyclic) bond motifs is 1. The molecule has 0 radical (unpaired) electrons. The van der Waals surface area contributed by atoms with Crippen LogP contribution in [0.5, 0.6) is 0 Å². The Morgan fingerprint density at radius 3 is 2.83 bits per heavy atom. The van der Waals surface area contributed by atoms with E-state index in [1.54, 1.807) is 0 Å². The Morgan fingerprint density at radius 1 is 1.39 bits per heavy atom. The summed E-state index contributed by atoms with van der Waals surface area (Å²) in [4.78, 5) is 12.4. The van der Waals surface area contributed by atoms with Crippen LogP contribution in [0.25, 0.3) is 17.2 Å². The highest BCUT2D eigenvalue weighted by atomic mass is 16.6. The average molecular weight is 317 g/mol. The number of nitrogen functional groups attached to an aromatic ring is 1. The van der Waals surface area contributed by atoms with Gasteiger partial charge < -0.3 is 25.8 Å². The van der Waals surface area contributed by atoms with Crippen molar-refractivity contribution in [3.63, 3.8) is 0 Å². The molecule has 120 valence electrons. The van der Waals surface area contributed by atoms with Gasteiger partial charge in [0.2, 0.25) is 0 Å². The lowest BCUT2D eigenvalue weighted by Gasteiger charge is -2.16. The summed E-state index contributed by atoms with van der Waals surface area (Å²) in [5.41, 5.74) is 6.51. The Bertz CT molecular complexity index is 796. The second-order valence-corrected chi connectivity index (χ2v) is 5.02. The first-order valence-electron chi connectivity index (χ1n) is 6.82. The van der Waals surface area contributed by atoms with Crippen LogP contribution in [-0.2, 0) is 4.74 Å². The molecule has 0 aliphatic carbocycles. The van der Waals surface area contributed by atoms with E-state index in [1.807, 2.05) is 0 Å². The van der Waals surface area contributed by atoms with Crippen molar-refractivity contribution in [3.8, 4) is 12.3 Å². The number of allylic oxidation sites excluding steroid dienone is 1. The van der Waals surface area contributed by atoms with Crippen LogP contribution in [0.1, 0.15) is 12.1 Å². The standard InChI is InChI=1S/C14H15N5O4/c1-2-3-4-8-17-12(15)9-13(18-8)19(6-16-9)14-11(22)10(21)7(5-20)23-14/h1,3-4,6-7,10-11,14,20-22H,5H2,(H2,15,17,18)/b4-3+/t7-,10-,11-,14-/m1/s1. The SMILES string of the molecule is C#C/C=C/c1nc(N)c2ncn([C@@H]3O[C@H](CO)[C@@H](O)[C@H]3O)c2n1. The van der Waals surface area contributed by atoms with E-state index in [0.717, 1.165) is 0 Å². The number of terminal acetylenes is 1. The van der Waals surface area contributed by atoms with Gasteiger partial charge in [-0.15, -0.1) is 6.42 Å². The van der Waals surface area contributed by atoms with E-state index >= 15 is 0 Å². The number of hydrogen-bond acceptors (Lipinski definition) is 8. The molecule has 0 bridgehead atoms. The van der Waals surface area contributed by atoms with Crippen LogP contribution in [0.3, 0.4) is 0 Å². The Hall–Kier alpha value is -2.51.